The Kier molecular flexibility index (Phi) is 5.19. The highest BCUT2D eigenvalue weighted by Crippen LogP contribution is 2.22. The largest absolute Gasteiger partial charge is 0.339 e. The van der Waals surface area contributed by atoms with E-state index in [1.165, 1.54) is 0 Å². The molecule has 3 unspecified atom stereocenters. The summed E-state index contributed by atoms with van der Waals surface area (Å²) in [6.45, 7) is 4.46. The van der Waals surface area contributed by atoms with Crippen molar-refractivity contribution >= 4 is 11.8 Å². The van der Waals surface area contributed by atoms with E-state index in [2.05, 4.69) is 16.2 Å². The van der Waals surface area contributed by atoms with E-state index in [1.54, 1.807) is 0 Å². The van der Waals surface area contributed by atoms with E-state index >= 15 is 0 Å². The lowest BCUT2D eigenvalue weighted by Gasteiger charge is -2.30. The molecular weight excluding hydrogens is 330 g/mol. The topological polar surface area (TPSA) is 76.7 Å². The number of carbonyl (C=O) groups is 2. The van der Waals surface area contributed by atoms with E-state index in [-0.39, 0.29) is 17.9 Å². The summed E-state index contributed by atoms with van der Waals surface area (Å²) in [6.07, 6.45) is 1.86. The lowest BCUT2D eigenvalue weighted by atomic mass is 9.89. The number of carbonyl (C=O) groups excluding carboxylic acids is 2. The van der Waals surface area contributed by atoms with Crippen molar-refractivity contribution in [3.8, 4) is 0 Å². The maximum absolute atomic E-state index is 13.0. The fourth-order valence-electron chi connectivity index (χ4n) is 4.26. The number of benzene rings is 1. The zero-order valence-electron chi connectivity index (χ0n) is 15.0. The molecule has 0 radical (unpaired) electrons. The van der Waals surface area contributed by atoms with Crippen molar-refractivity contribution in [2.24, 2.45) is 5.92 Å². The molecule has 0 aliphatic carbocycles. The molecule has 0 saturated carbocycles. The number of nitrogens with one attached hydrogen (secondary N) is 3. The van der Waals surface area contributed by atoms with Crippen LogP contribution >= 0.6 is 0 Å². The van der Waals surface area contributed by atoms with Crippen LogP contribution < -0.4 is 16.2 Å². The molecule has 26 heavy (non-hydrogen) atoms. The number of amides is 2. The molecule has 7 heteroatoms. The Morgan fingerprint density at radius 3 is 2.58 bits per heavy atom. The maximum atomic E-state index is 13.0. The molecule has 1 aromatic rings. The summed E-state index contributed by atoms with van der Waals surface area (Å²) < 4.78 is 0. The van der Waals surface area contributed by atoms with Crippen LogP contribution in [0.4, 0.5) is 0 Å². The summed E-state index contributed by atoms with van der Waals surface area (Å²) >= 11 is 0. The fraction of sp³-hybridized carbons (Fsp3) is 0.579. The van der Waals surface area contributed by atoms with Crippen molar-refractivity contribution in [2.45, 2.75) is 24.9 Å². The van der Waals surface area contributed by atoms with Gasteiger partial charge in [0.05, 0.1) is 0 Å². The van der Waals surface area contributed by atoms with E-state index < -0.39 is 0 Å². The van der Waals surface area contributed by atoms with Crippen LogP contribution in [0.1, 0.15) is 23.2 Å². The number of rotatable bonds is 2. The average Bonchev–Trinajstić information content (AvgIpc) is 2.97. The Morgan fingerprint density at radius 2 is 1.73 bits per heavy atom. The summed E-state index contributed by atoms with van der Waals surface area (Å²) in [5.74, 6) is 0.501. The summed E-state index contributed by atoms with van der Waals surface area (Å²) in [6, 6.07) is 9.57. The van der Waals surface area contributed by atoms with Gasteiger partial charge in [-0.25, -0.2) is 5.43 Å². The molecule has 3 aliphatic rings. The van der Waals surface area contributed by atoms with Gasteiger partial charge in [-0.05, 0) is 31.5 Å². The molecule has 7 nitrogen and oxygen atoms in total. The van der Waals surface area contributed by atoms with Gasteiger partial charge in [0.25, 0.3) is 5.91 Å². The molecule has 3 aliphatic heterocycles. The van der Waals surface area contributed by atoms with Crippen molar-refractivity contribution in [1.29, 1.82) is 0 Å². The number of piperidine rings is 1. The van der Waals surface area contributed by atoms with Gasteiger partial charge >= 0.3 is 0 Å². The van der Waals surface area contributed by atoms with Crippen LogP contribution in [0.15, 0.2) is 30.3 Å². The second-order valence-electron chi connectivity index (χ2n) is 7.37. The van der Waals surface area contributed by atoms with Gasteiger partial charge in [-0.3, -0.25) is 15.0 Å². The van der Waals surface area contributed by atoms with Crippen LogP contribution in [0.5, 0.6) is 0 Å². The van der Waals surface area contributed by atoms with Crippen molar-refractivity contribution in [3.63, 3.8) is 0 Å². The Labute approximate surface area is 154 Å². The summed E-state index contributed by atoms with van der Waals surface area (Å²) in [4.78, 5) is 29.5. The number of hydrazine groups is 1. The van der Waals surface area contributed by atoms with E-state index in [0.29, 0.717) is 43.7 Å². The molecule has 3 atom stereocenters. The Bertz CT molecular complexity index is 653. The van der Waals surface area contributed by atoms with Crippen molar-refractivity contribution in [2.75, 3.05) is 39.3 Å². The third kappa shape index (κ3) is 3.47. The first-order valence-electron chi connectivity index (χ1n) is 9.59. The predicted molar refractivity (Wildman–Crippen MR) is 98.4 cm³/mol. The Balaban J connectivity index is 1.37. The zero-order chi connectivity index (χ0) is 17.9. The van der Waals surface area contributed by atoms with Crippen LogP contribution in [0.25, 0.3) is 0 Å². The minimum atomic E-state index is -0.177. The van der Waals surface area contributed by atoms with Crippen LogP contribution in [-0.2, 0) is 4.79 Å². The van der Waals surface area contributed by atoms with Crippen LogP contribution in [0.3, 0.4) is 0 Å². The highest BCUT2D eigenvalue weighted by atomic mass is 16.2. The number of nitrogens with zero attached hydrogens (tertiary/aromatic N) is 2. The van der Waals surface area contributed by atoms with Crippen molar-refractivity contribution in [1.82, 2.24) is 26.0 Å². The molecule has 2 amide bonds. The minimum Gasteiger partial charge on any atom is -0.339 e. The SMILES string of the molecule is O=C(c1ccccc1)N1CCCN(C(=O)C2NNC3CCNCC32)CC1. The number of hydrogen-bond donors (Lipinski definition) is 3. The van der Waals surface area contributed by atoms with Gasteiger partial charge < -0.3 is 15.1 Å². The normalized spacial score (nSPS) is 29.2. The summed E-state index contributed by atoms with van der Waals surface area (Å²) in [5, 5.41) is 3.39. The van der Waals surface area contributed by atoms with Gasteiger partial charge in [-0.1, -0.05) is 18.2 Å². The zero-order valence-corrected chi connectivity index (χ0v) is 15.0. The molecule has 3 saturated heterocycles. The Hall–Kier alpha value is -1.96. The first kappa shape index (κ1) is 17.5. The monoisotopic (exact) mass is 357 g/mol. The number of fused-ring (bicyclic) bond motifs is 1. The second kappa shape index (κ2) is 7.73. The summed E-state index contributed by atoms with van der Waals surface area (Å²) in [7, 11) is 0. The second-order valence-corrected chi connectivity index (χ2v) is 7.37. The predicted octanol–water partition coefficient (Wildman–Crippen LogP) is -0.184. The number of hydrogen-bond acceptors (Lipinski definition) is 5. The molecule has 3 heterocycles. The van der Waals surface area contributed by atoms with Crippen LogP contribution in [0, 0.1) is 5.92 Å². The molecule has 0 spiro atoms. The van der Waals surface area contributed by atoms with Gasteiger partial charge in [0.1, 0.15) is 6.04 Å². The van der Waals surface area contributed by atoms with Crippen LogP contribution in [-0.4, -0.2) is 73.0 Å². The molecule has 0 aromatic heterocycles. The highest BCUT2D eigenvalue weighted by molar-refractivity contribution is 5.94. The molecule has 3 fully saturated rings. The quantitative estimate of drug-likeness (QED) is 0.684. The van der Waals surface area contributed by atoms with Gasteiger partial charge in [-0.15, -0.1) is 0 Å². The van der Waals surface area contributed by atoms with Crippen LogP contribution in [0.2, 0.25) is 0 Å². The van der Waals surface area contributed by atoms with Crippen molar-refractivity contribution in [3.05, 3.63) is 35.9 Å². The van der Waals surface area contributed by atoms with E-state index in [0.717, 1.165) is 25.9 Å². The third-order valence-corrected chi connectivity index (χ3v) is 5.76. The smallest absolute Gasteiger partial charge is 0.253 e. The molecule has 1 aromatic carbocycles. The van der Waals surface area contributed by atoms with Gasteiger partial charge in [0, 0.05) is 50.2 Å². The molecular formula is C19H27N5O2. The first-order chi connectivity index (χ1) is 12.7. The standard InChI is InChI=1S/C19H27N5O2/c25-18(14-5-2-1-3-6-14)23-9-4-10-24(12-11-23)19(26)17-15-13-20-8-7-16(15)21-22-17/h1-3,5-6,15-17,20-22H,4,7-13H2. The maximum Gasteiger partial charge on any atom is 0.253 e. The third-order valence-electron chi connectivity index (χ3n) is 5.76. The van der Waals surface area contributed by atoms with E-state index in [9.17, 15) is 9.59 Å². The van der Waals surface area contributed by atoms with Gasteiger partial charge in [-0.2, -0.15) is 0 Å². The van der Waals surface area contributed by atoms with Gasteiger partial charge in [0.15, 0.2) is 0 Å². The lowest BCUT2D eigenvalue weighted by Crippen LogP contribution is -2.51. The lowest BCUT2D eigenvalue weighted by molar-refractivity contribution is -0.134. The van der Waals surface area contributed by atoms with E-state index in [4.69, 9.17) is 0 Å². The molecule has 140 valence electrons. The highest BCUT2D eigenvalue weighted by Gasteiger charge is 2.42. The Morgan fingerprint density at radius 1 is 0.962 bits per heavy atom. The minimum absolute atomic E-state index is 0.0529. The average molecular weight is 357 g/mol. The van der Waals surface area contributed by atoms with E-state index in [1.807, 2.05) is 40.1 Å². The summed E-state index contributed by atoms with van der Waals surface area (Å²) in [5.41, 5.74) is 7.22. The van der Waals surface area contributed by atoms with Crippen molar-refractivity contribution < 1.29 is 9.59 Å². The molecule has 0 bridgehead atoms. The fourth-order valence-corrected chi connectivity index (χ4v) is 4.26. The first-order valence-corrected chi connectivity index (χ1v) is 9.59. The molecule has 4 rings (SSSR count). The van der Waals surface area contributed by atoms with Gasteiger partial charge in [0.2, 0.25) is 5.91 Å². The molecule has 3 N–H and O–H groups in total.